The van der Waals surface area contributed by atoms with Crippen molar-refractivity contribution in [3.63, 3.8) is 0 Å². The molecule has 11 nitrogen and oxygen atoms in total. The van der Waals surface area contributed by atoms with Gasteiger partial charge < -0.3 is 28.9 Å². The number of fused-ring (bicyclic) bond motifs is 2. The molecule has 0 radical (unpaired) electrons. The molecule has 0 bridgehead atoms. The zero-order valence-electron chi connectivity index (χ0n) is 28.7. The minimum Gasteiger partial charge on any atom is -0.469 e. The summed E-state index contributed by atoms with van der Waals surface area (Å²) in [6, 6.07) is 17.8. The Morgan fingerprint density at radius 2 is 1.59 bits per heavy atom. The van der Waals surface area contributed by atoms with Crippen LogP contribution in [0.25, 0.3) is 21.5 Å². The number of carbonyl (C=O) groups excluding carboxylic acids is 4. The molecule has 3 aromatic carbocycles. The lowest BCUT2D eigenvalue weighted by atomic mass is 9.75. The van der Waals surface area contributed by atoms with Gasteiger partial charge in [0, 0.05) is 12.2 Å². The zero-order valence-corrected chi connectivity index (χ0v) is 28.7. The Labute approximate surface area is 286 Å². The van der Waals surface area contributed by atoms with Gasteiger partial charge in [-0.2, -0.15) is 0 Å². The summed E-state index contributed by atoms with van der Waals surface area (Å²) in [5, 5.41) is 17.1. The Morgan fingerprint density at radius 3 is 2.18 bits per heavy atom. The first-order chi connectivity index (χ1) is 23.6. The highest BCUT2D eigenvalue weighted by Crippen LogP contribution is 2.36. The van der Waals surface area contributed by atoms with Gasteiger partial charge in [0.2, 0.25) is 0 Å². The molecule has 3 aromatic rings. The zero-order chi connectivity index (χ0) is 35.4. The van der Waals surface area contributed by atoms with Gasteiger partial charge in [0.1, 0.15) is 12.7 Å². The van der Waals surface area contributed by atoms with Crippen molar-refractivity contribution < 1.29 is 48.1 Å². The van der Waals surface area contributed by atoms with Crippen molar-refractivity contribution in [1.82, 2.24) is 0 Å². The molecule has 0 aromatic heterocycles. The van der Waals surface area contributed by atoms with Crippen LogP contribution in [0.3, 0.4) is 0 Å². The number of unbranched alkanes of at least 4 members (excludes halogenated alkanes) is 1. The van der Waals surface area contributed by atoms with E-state index in [1.54, 1.807) is 13.8 Å². The fraction of sp³-hybridized carbons (Fsp3) is 0.500. The highest BCUT2D eigenvalue weighted by molar-refractivity contribution is 6.13. The number of oxime groups is 1. The molecule has 1 aliphatic rings. The van der Waals surface area contributed by atoms with Gasteiger partial charge in [0.05, 0.1) is 49.7 Å². The molecule has 264 valence electrons. The summed E-state index contributed by atoms with van der Waals surface area (Å²) in [5.41, 5.74) is -0.212. The van der Waals surface area contributed by atoms with Crippen LogP contribution in [0.2, 0.25) is 0 Å². The van der Waals surface area contributed by atoms with Gasteiger partial charge >= 0.3 is 23.9 Å². The average Bonchev–Trinajstić information content (AvgIpc) is 3.95. The maximum Gasteiger partial charge on any atom is 0.337 e. The number of aliphatic hydroxyl groups is 1. The molecule has 0 saturated carbocycles. The maximum absolute atomic E-state index is 13.4. The van der Waals surface area contributed by atoms with Crippen LogP contribution >= 0.6 is 0 Å². The second kappa shape index (κ2) is 17.9. The number of esters is 3. The number of aliphatic hydroxyl groups excluding tert-OH is 1. The molecule has 49 heavy (non-hydrogen) atoms. The fourth-order valence-electron chi connectivity index (χ4n) is 5.95. The van der Waals surface area contributed by atoms with Gasteiger partial charge in [-0.25, -0.2) is 4.79 Å². The summed E-state index contributed by atoms with van der Waals surface area (Å²) in [5.74, 6) is -4.88. The van der Waals surface area contributed by atoms with E-state index in [9.17, 15) is 19.2 Å². The van der Waals surface area contributed by atoms with Crippen molar-refractivity contribution in [3.8, 4) is 0 Å². The third-order valence-corrected chi connectivity index (χ3v) is 9.18. The second-order valence-corrected chi connectivity index (χ2v) is 12.9. The SMILES string of the molecule is CCC(C)(CC(CC(CC(C)C(=O)ON=Cc1c2ccccc2cc2ccccc12)C(=O)OCCCCO)C(=O)OCC1CO1)C(=O)OC. The molecule has 1 fully saturated rings. The van der Waals surface area contributed by atoms with Crippen molar-refractivity contribution in [2.75, 3.05) is 33.5 Å². The minimum atomic E-state index is -1.02. The standard InChI is InChI=1S/C38H47NO10/c1-5-38(3,37(44)45-4)21-29(36(43)48-24-30-23-47-30)20-28(35(42)46-17-11-10-16-40)18-25(2)34(41)49-39-22-33-31-14-8-6-12-26(31)19-27-13-7-9-15-32(27)33/h6-9,12-15,19,22,25,28-30,40H,5,10-11,16-18,20-21,23-24H2,1-4H3. The largest absolute Gasteiger partial charge is 0.469 e. The Kier molecular flexibility index (Phi) is 13.7. The van der Waals surface area contributed by atoms with Gasteiger partial charge in [0.15, 0.2) is 0 Å². The third-order valence-electron chi connectivity index (χ3n) is 9.18. The fourth-order valence-corrected chi connectivity index (χ4v) is 5.95. The lowest BCUT2D eigenvalue weighted by Crippen LogP contribution is -2.36. The molecule has 1 N–H and O–H groups in total. The number of methoxy groups -OCH3 is 1. The summed E-state index contributed by atoms with van der Waals surface area (Å²) in [6.45, 7) is 5.75. The van der Waals surface area contributed by atoms with Crippen LogP contribution in [0.15, 0.2) is 59.8 Å². The van der Waals surface area contributed by atoms with Crippen molar-refractivity contribution in [2.24, 2.45) is 28.3 Å². The van der Waals surface area contributed by atoms with Gasteiger partial charge in [-0.1, -0.05) is 67.5 Å². The van der Waals surface area contributed by atoms with Crippen molar-refractivity contribution in [3.05, 3.63) is 60.2 Å². The third kappa shape index (κ3) is 10.3. The Morgan fingerprint density at radius 1 is 0.959 bits per heavy atom. The van der Waals surface area contributed by atoms with E-state index >= 15 is 0 Å². The predicted molar refractivity (Wildman–Crippen MR) is 184 cm³/mol. The molecule has 0 amide bonds. The number of benzene rings is 3. The van der Waals surface area contributed by atoms with Crippen molar-refractivity contribution in [1.29, 1.82) is 0 Å². The molecule has 1 aliphatic heterocycles. The molecule has 0 spiro atoms. The molecular weight excluding hydrogens is 630 g/mol. The lowest BCUT2D eigenvalue weighted by Gasteiger charge is -2.30. The smallest absolute Gasteiger partial charge is 0.337 e. The monoisotopic (exact) mass is 677 g/mol. The molecule has 5 unspecified atom stereocenters. The van der Waals surface area contributed by atoms with E-state index in [-0.39, 0.29) is 45.2 Å². The molecule has 4 rings (SSSR count). The number of carbonyl (C=O) groups is 4. The van der Waals surface area contributed by atoms with E-state index in [1.165, 1.54) is 13.3 Å². The summed E-state index contributed by atoms with van der Waals surface area (Å²) in [4.78, 5) is 58.2. The van der Waals surface area contributed by atoms with E-state index in [2.05, 4.69) is 11.2 Å². The summed E-state index contributed by atoms with van der Waals surface area (Å²) in [7, 11) is 1.29. The van der Waals surface area contributed by atoms with Crippen LogP contribution in [0.5, 0.6) is 0 Å². The lowest BCUT2D eigenvalue weighted by molar-refractivity contribution is -0.158. The van der Waals surface area contributed by atoms with E-state index in [0.29, 0.717) is 25.9 Å². The van der Waals surface area contributed by atoms with Gasteiger partial charge in [0.25, 0.3) is 0 Å². The van der Waals surface area contributed by atoms with Crippen LogP contribution in [-0.4, -0.2) is 74.8 Å². The van der Waals surface area contributed by atoms with Crippen LogP contribution in [0.4, 0.5) is 0 Å². The minimum absolute atomic E-state index is 0.000957. The Bertz CT molecular complexity index is 1580. The van der Waals surface area contributed by atoms with Crippen LogP contribution in [0.1, 0.15) is 64.9 Å². The van der Waals surface area contributed by atoms with E-state index < -0.39 is 47.0 Å². The Hall–Kier alpha value is -4.35. The molecule has 5 atom stereocenters. The van der Waals surface area contributed by atoms with E-state index in [0.717, 1.165) is 27.1 Å². The number of epoxide rings is 1. The van der Waals surface area contributed by atoms with E-state index in [1.807, 2.05) is 55.5 Å². The summed E-state index contributed by atoms with van der Waals surface area (Å²) in [6.07, 6.45) is 2.69. The van der Waals surface area contributed by atoms with Crippen LogP contribution in [-0.2, 0) is 43.0 Å². The molecule has 1 saturated heterocycles. The first kappa shape index (κ1) is 37.5. The Balaban J connectivity index is 1.52. The highest BCUT2D eigenvalue weighted by atomic mass is 16.7. The summed E-state index contributed by atoms with van der Waals surface area (Å²) >= 11 is 0. The van der Waals surface area contributed by atoms with Crippen molar-refractivity contribution in [2.45, 2.75) is 65.4 Å². The normalized spacial score (nSPS) is 17.2. The molecule has 11 heteroatoms. The molecule has 0 aliphatic carbocycles. The van der Waals surface area contributed by atoms with E-state index in [4.69, 9.17) is 28.9 Å². The second-order valence-electron chi connectivity index (χ2n) is 12.9. The number of ether oxygens (including phenoxy) is 4. The predicted octanol–water partition coefficient (Wildman–Crippen LogP) is 5.76. The quantitative estimate of drug-likeness (QED) is 0.0243. The first-order valence-corrected chi connectivity index (χ1v) is 16.9. The molecule has 1 heterocycles. The maximum atomic E-state index is 13.4. The van der Waals surface area contributed by atoms with Crippen LogP contribution < -0.4 is 0 Å². The molecular formula is C38H47NO10. The highest BCUT2D eigenvalue weighted by Gasteiger charge is 2.41. The topological polar surface area (TPSA) is 150 Å². The average molecular weight is 678 g/mol. The number of hydrogen-bond acceptors (Lipinski definition) is 11. The van der Waals surface area contributed by atoms with Gasteiger partial charge in [-0.15, -0.1) is 0 Å². The first-order valence-electron chi connectivity index (χ1n) is 16.9. The van der Waals surface area contributed by atoms with Crippen LogP contribution in [0, 0.1) is 23.2 Å². The number of nitrogens with zero attached hydrogens (tertiary/aromatic N) is 1. The number of rotatable bonds is 19. The number of hydrogen-bond donors (Lipinski definition) is 1. The van der Waals surface area contributed by atoms with Gasteiger partial charge in [-0.05, 0) is 73.1 Å². The van der Waals surface area contributed by atoms with Crippen molar-refractivity contribution >= 4 is 51.6 Å². The van der Waals surface area contributed by atoms with Gasteiger partial charge in [-0.3, -0.25) is 14.4 Å². The summed E-state index contributed by atoms with van der Waals surface area (Å²) < 4.78 is 21.3.